The lowest BCUT2D eigenvalue weighted by molar-refractivity contribution is -0.274. The minimum Gasteiger partial charge on any atom is -0.440 e. The highest BCUT2D eigenvalue weighted by Gasteiger charge is 2.32. The van der Waals surface area contributed by atoms with Gasteiger partial charge in [0.2, 0.25) is 0 Å². The van der Waals surface area contributed by atoms with Crippen molar-refractivity contribution in [2.75, 3.05) is 6.26 Å². The summed E-state index contributed by atoms with van der Waals surface area (Å²) in [5.41, 5.74) is 3.87. The van der Waals surface area contributed by atoms with E-state index in [-0.39, 0.29) is 45.3 Å². The van der Waals surface area contributed by atoms with Gasteiger partial charge in [-0.25, -0.2) is 17.8 Å². The fourth-order valence-electron chi connectivity index (χ4n) is 4.18. The van der Waals surface area contributed by atoms with E-state index in [9.17, 15) is 44.3 Å². The van der Waals surface area contributed by atoms with Crippen molar-refractivity contribution < 1.29 is 53.4 Å². The summed E-state index contributed by atoms with van der Waals surface area (Å²) in [5.74, 6) is -1.45. The molecule has 0 unspecified atom stereocenters. The second-order valence-electron chi connectivity index (χ2n) is 9.48. The topological polar surface area (TPSA) is 128 Å². The molecule has 0 atom stereocenters. The molecule has 1 aromatic heterocycles. The number of aromatic nitrogens is 1. The summed E-state index contributed by atoms with van der Waals surface area (Å²) in [6.45, 7) is 0.574. The van der Waals surface area contributed by atoms with Gasteiger partial charge in [0.15, 0.2) is 21.5 Å². The monoisotopic (exact) mass is 657 g/mol. The normalized spacial score (nSPS) is 13.1. The van der Waals surface area contributed by atoms with E-state index >= 15 is 0 Å². The van der Waals surface area contributed by atoms with Crippen molar-refractivity contribution in [3.8, 4) is 39.5 Å². The van der Waals surface area contributed by atoms with E-state index in [1.807, 2.05) is 0 Å². The fraction of sp³-hybridized carbons (Fsp3) is 0.172. The molecule has 0 fully saturated rings. The molecular weight excluding hydrogens is 635 g/mol. The zero-order chi connectivity index (χ0) is 33.3. The number of aliphatic hydroxyl groups is 1. The van der Waals surface area contributed by atoms with Crippen LogP contribution in [0.3, 0.4) is 0 Å². The summed E-state index contributed by atoms with van der Waals surface area (Å²) in [4.78, 5) is 7.89. The maximum atomic E-state index is 14.9. The molecule has 0 aliphatic carbocycles. The third-order valence-electron chi connectivity index (χ3n) is 6.18. The second-order valence-corrected chi connectivity index (χ2v) is 11.5. The van der Waals surface area contributed by atoms with E-state index < -0.39 is 56.7 Å². The second kappa shape index (κ2) is 12.4. The number of nitrogens with zero attached hydrogens (tertiary/aromatic N) is 2. The average molecular weight is 658 g/mol. The smallest absolute Gasteiger partial charge is 0.440 e. The van der Waals surface area contributed by atoms with Crippen LogP contribution in [-0.4, -0.2) is 43.5 Å². The Bertz CT molecular complexity index is 1900. The molecule has 3 aromatic carbocycles. The Balaban J connectivity index is 1.92. The lowest BCUT2D eigenvalue weighted by Gasteiger charge is -2.13. The molecule has 238 valence electrons. The molecule has 0 radical (unpaired) electrons. The van der Waals surface area contributed by atoms with Gasteiger partial charge < -0.3 is 20.0 Å². The number of aliphatic imine (C=N–C) groups is 1. The summed E-state index contributed by atoms with van der Waals surface area (Å²) in [6.07, 6.45) is -7.61. The Hall–Kier alpha value is -4.70. The van der Waals surface area contributed by atoms with Crippen molar-refractivity contribution in [3.63, 3.8) is 0 Å². The SMILES string of the molecule is Cc1nc(-c2ccc(OC(F)(F)F)cc2)c(-c2cc(-c3cc(F)c(CO)c(S(C)(=O)=O)c3)ccc2N=CC=C(N)C(F)(F)F)o1. The molecule has 0 aliphatic heterocycles. The lowest BCUT2D eigenvalue weighted by Crippen LogP contribution is -2.19. The van der Waals surface area contributed by atoms with Crippen molar-refractivity contribution in [1.82, 2.24) is 4.98 Å². The minimum absolute atomic E-state index is 0.00943. The average Bonchev–Trinajstić information content (AvgIpc) is 3.32. The maximum absolute atomic E-state index is 14.9. The first-order chi connectivity index (χ1) is 20.9. The first-order valence-electron chi connectivity index (χ1n) is 12.6. The van der Waals surface area contributed by atoms with Gasteiger partial charge in [0.1, 0.15) is 23.0 Å². The van der Waals surface area contributed by atoms with Crippen molar-refractivity contribution in [3.05, 3.63) is 83.6 Å². The highest BCUT2D eigenvalue weighted by atomic mass is 32.2. The predicted molar refractivity (Wildman–Crippen MR) is 150 cm³/mol. The van der Waals surface area contributed by atoms with Crippen molar-refractivity contribution in [2.24, 2.45) is 10.7 Å². The summed E-state index contributed by atoms with van der Waals surface area (Å²) in [5, 5.41) is 9.55. The van der Waals surface area contributed by atoms with Crippen LogP contribution in [0, 0.1) is 12.7 Å². The van der Waals surface area contributed by atoms with Crippen LogP contribution in [0.4, 0.5) is 36.4 Å². The molecule has 4 rings (SSSR count). The highest BCUT2D eigenvalue weighted by Crippen LogP contribution is 2.41. The first kappa shape index (κ1) is 33.2. The van der Waals surface area contributed by atoms with Crippen molar-refractivity contribution in [2.45, 2.75) is 31.0 Å². The number of alkyl halides is 6. The molecule has 0 saturated carbocycles. The minimum atomic E-state index is -4.93. The number of hydrogen-bond donors (Lipinski definition) is 2. The fourth-order valence-corrected chi connectivity index (χ4v) is 5.14. The van der Waals surface area contributed by atoms with E-state index in [1.54, 1.807) is 0 Å². The summed E-state index contributed by atoms with van der Waals surface area (Å²) in [6, 6.07) is 10.8. The van der Waals surface area contributed by atoms with Crippen LogP contribution < -0.4 is 10.5 Å². The third kappa shape index (κ3) is 7.88. The summed E-state index contributed by atoms with van der Waals surface area (Å²) in [7, 11) is -4.00. The van der Waals surface area contributed by atoms with Crippen LogP contribution in [0.5, 0.6) is 5.75 Å². The number of aliphatic hydroxyl groups excluding tert-OH is 1. The van der Waals surface area contributed by atoms with E-state index in [0.29, 0.717) is 6.08 Å². The molecule has 0 saturated heterocycles. The maximum Gasteiger partial charge on any atom is 0.573 e. The third-order valence-corrected chi connectivity index (χ3v) is 7.34. The number of sulfone groups is 1. The van der Waals surface area contributed by atoms with Gasteiger partial charge in [0, 0.05) is 36.1 Å². The van der Waals surface area contributed by atoms with Gasteiger partial charge in [-0.15, -0.1) is 13.2 Å². The Morgan fingerprint density at radius 1 is 1.02 bits per heavy atom. The van der Waals surface area contributed by atoms with Gasteiger partial charge in [-0.3, -0.25) is 4.99 Å². The van der Waals surface area contributed by atoms with E-state index in [2.05, 4.69) is 14.7 Å². The van der Waals surface area contributed by atoms with Crippen LogP contribution >= 0.6 is 0 Å². The van der Waals surface area contributed by atoms with Gasteiger partial charge in [0.05, 0.1) is 17.2 Å². The zero-order valence-corrected chi connectivity index (χ0v) is 24.0. The van der Waals surface area contributed by atoms with E-state index in [0.717, 1.165) is 36.7 Å². The van der Waals surface area contributed by atoms with Crippen LogP contribution in [0.1, 0.15) is 11.5 Å². The van der Waals surface area contributed by atoms with Gasteiger partial charge >= 0.3 is 12.5 Å². The Labute approximate surface area is 251 Å². The number of benzene rings is 3. The number of hydrogen-bond acceptors (Lipinski definition) is 8. The molecule has 16 heteroatoms. The number of nitrogens with two attached hydrogens (primary N) is 1. The molecular formula is C29H22F7N3O5S. The highest BCUT2D eigenvalue weighted by molar-refractivity contribution is 7.90. The zero-order valence-electron chi connectivity index (χ0n) is 23.2. The number of oxazole rings is 1. The molecule has 0 aliphatic rings. The molecule has 4 aromatic rings. The summed E-state index contributed by atoms with van der Waals surface area (Å²) < 4.78 is 126. The number of rotatable bonds is 8. The largest absolute Gasteiger partial charge is 0.573 e. The van der Waals surface area contributed by atoms with Gasteiger partial charge in [0.25, 0.3) is 0 Å². The molecule has 3 N–H and O–H groups in total. The Kier molecular flexibility index (Phi) is 9.12. The molecule has 1 heterocycles. The molecule has 8 nitrogen and oxygen atoms in total. The Morgan fingerprint density at radius 3 is 2.24 bits per heavy atom. The van der Waals surface area contributed by atoms with Gasteiger partial charge in [-0.05, 0) is 65.7 Å². The van der Waals surface area contributed by atoms with Crippen LogP contribution in [0.15, 0.2) is 80.7 Å². The number of ether oxygens (including phenoxy) is 1. The molecule has 45 heavy (non-hydrogen) atoms. The first-order valence-corrected chi connectivity index (χ1v) is 14.5. The summed E-state index contributed by atoms with van der Waals surface area (Å²) >= 11 is 0. The number of allylic oxidation sites excluding steroid dienone is 2. The number of halogens is 7. The van der Waals surface area contributed by atoms with Crippen LogP contribution in [-0.2, 0) is 16.4 Å². The lowest BCUT2D eigenvalue weighted by atomic mass is 9.97. The van der Waals surface area contributed by atoms with Gasteiger partial charge in [-0.2, -0.15) is 13.2 Å². The van der Waals surface area contributed by atoms with Crippen molar-refractivity contribution in [1.29, 1.82) is 0 Å². The van der Waals surface area contributed by atoms with Crippen molar-refractivity contribution >= 4 is 21.7 Å². The van der Waals surface area contributed by atoms with Gasteiger partial charge in [-0.1, -0.05) is 6.07 Å². The molecule has 0 bridgehead atoms. The number of aryl methyl sites for hydroxylation is 1. The molecule has 0 spiro atoms. The van der Waals surface area contributed by atoms with Crippen LogP contribution in [0.2, 0.25) is 0 Å². The molecule has 0 amide bonds. The van der Waals surface area contributed by atoms with E-state index in [1.165, 1.54) is 37.3 Å². The van der Waals surface area contributed by atoms with E-state index in [4.69, 9.17) is 10.2 Å². The Morgan fingerprint density at radius 2 is 1.67 bits per heavy atom. The standard InChI is InChI=1S/C29H22F7N3O5S/c1-15-39-26(16-3-6-19(7-4-16)44-29(34,35)36)27(43-15)20-11-17(5-8-23(20)38-10-9-25(37)28(31,32)33)18-12-22(30)21(14-40)24(13-18)45(2,41)42/h3-13,40H,14,37H2,1-2H3. The quantitative estimate of drug-likeness (QED) is 0.154. The predicted octanol–water partition coefficient (Wildman–Crippen LogP) is 7.02. The van der Waals surface area contributed by atoms with Crippen LogP contribution in [0.25, 0.3) is 33.7 Å².